The Morgan fingerprint density at radius 2 is 1.34 bits per heavy atom. The van der Waals surface area contributed by atoms with Crippen molar-refractivity contribution in [2.45, 2.75) is 99.1 Å². The van der Waals surface area contributed by atoms with E-state index in [-0.39, 0.29) is 43.1 Å². The van der Waals surface area contributed by atoms with Gasteiger partial charge in [0.15, 0.2) is 0 Å². The second-order valence-corrected chi connectivity index (χ2v) is 15.2. The van der Waals surface area contributed by atoms with E-state index in [0.29, 0.717) is 94.4 Å². The number of aromatic nitrogens is 8. The topological polar surface area (TPSA) is 266 Å². The fourth-order valence-electron chi connectivity index (χ4n) is 7.34. The van der Waals surface area contributed by atoms with Crippen LogP contribution in [0.4, 0.5) is 11.9 Å². The highest BCUT2D eigenvalue weighted by atomic mass is 16.5. The van der Waals surface area contributed by atoms with Crippen molar-refractivity contribution in [3.63, 3.8) is 0 Å². The zero-order valence-corrected chi connectivity index (χ0v) is 37.1. The summed E-state index contributed by atoms with van der Waals surface area (Å²) >= 11 is 0. The lowest BCUT2D eigenvalue weighted by Crippen LogP contribution is -2.25. The molecule has 1 atom stereocenters. The van der Waals surface area contributed by atoms with Gasteiger partial charge in [-0.05, 0) is 76.9 Å². The molecule has 4 heterocycles. The van der Waals surface area contributed by atoms with Crippen molar-refractivity contribution in [3.05, 3.63) is 82.5 Å². The number of primary amides is 1. The molecule has 6 rings (SSSR count). The smallest absolute Gasteiger partial charge is 0.276 e. The zero-order valence-electron chi connectivity index (χ0n) is 37.1. The first-order valence-corrected chi connectivity index (χ1v) is 21.4. The van der Waals surface area contributed by atoms with Crippen LogP contribution in [-0.4, -0.2) is 87.7 Å². The van der Waals surface area contributed by atoms with Gasteiger partial charge in [0.1, 0.15) is 40.1 Å². The van der Waals surface area contributed by atoms with Crippen molar-refractivity contribution in [2.75, 3.05) is 30.9 Å². The van der Waals surface area contributed by atoms with Gasteiger partial charge in [0, 0.05) is 50.3 Å². The third-order valence-electron chi connectivity index (χ3n) is 10.5. The van der Waals surface area contributed by atoms with Crippen molar-refractivity contribution in [1.29, 1.82) is 0 Å². The predicted octanol–water partition coefficient (Wildman–Crippen LogP) is 4.72. The molecule has 340 valence electrons. The number of nitrogens with one attached hydrogen (secondary N) is 3. The van der Waals surface area contributed by atoms with E-state index in [4.69, 9.17) is 30.9 Å². The van der Waals surface area contributed by atoms with Crippen molar-refractivity contribution >= 4 is 57.6 Å². The first-order chi connectivity index (χ1) is 30.8. The van der Waals surface area contributed by atoms with Gasteiger partial charge in [-0.15, -0.1) is 0 Å². The number of allylic oxidation sites excluding steroid dienone is 2. The third-order valence-corrected chi connectivity index (χ3v) is 10.5. The molecule has 0 aliphatic rings. The summed E-state index contributed by atoms with van der Waals surface area (Å²) in [5.41, 5.74) is 15.9. The maximum Gasteiger partial charge on any atom is 0.276 e. The van der Waals surface area contributed by atoms with Crippen LogP contribution in [0.25, 0.3) is 22.1 Å². The van der Waals surface area contributed by atoms with Crippen LogP contribution in [0, 0.1) is 13.8 Å². The first-order valence-electron chi connectivity index (χ1n) is 21.4. The van der Waals surface area contributed by atoms with Crippen LogP contribution in [0.2, 0.25) is 0 Å². The number of methoxy groups -OCH3 is 1. The Hall–Kier alpha value is -7.06. The molecule has 0 saturated heterocycles. The fraction of sp³-hybridized carbons (Fsp3) is 0.409. The molecule has 0 aliphatic carbocycles. The molecule has 0 fully saturated rings. The number of nitrogens with zero attached hydrogens (tertiary/aromatic N) is 8. The quantitative estimate of drug-likeness (QED) is 0.0307. The molecule has 0 aliphatic heterocycles. The predicted molar refractivity (Wildman–Crippen MR) is 241 cm³/mol. The number of benzene rings is 2. The number of anilines is 2. The molecule has 4 aromatic heterocycles. The number of nitrogens with two attached hydrogens (primary N) is 2. The summed E-state index contributed by atoms with van der Waals surface area (Å²) in [4.78, 5) is 61.8. The monoisotopic (exact) mass is 879 g/mol. The summed E-state index contributed by atoms with van der Waals surface area (Å²) in [7, 11) is 1.48. The van der Waals surface area contributed by atoms with E-state index >= 15 is 0 Å². The summed E-state index contributed by atoms with van der Waals surface area (Å²) in [6, 6.07) is 9.68. The van der Waals surface area contributed by atoms with Crippen LogP contribution in [0.5, 0.6) is 11.5 Å². The average Bonchev–Trinajstić information content (AvgIpc) is 4.03. The van der Waals surface area contributed by atoms with E-state index in [9.17, 15) is 24.3 Å². The van der Waals surface area contributed by atoms with Crippen LogP contribution in [0.15, 0.2) is 48.6 Å². The number of unbranched alkanes of at least 4 members (excludes halogenated alkanes) is 2. The van der Waals surface area contributed by atoms with Gasteiger partial charge in [-0.3, -0.25) is 39.2 Å². The standard InChI is InChI=1S/C44H57N13O7/c1-7-10-11-15-36(58)47-16-14-19-64-35-25-29(40(46)60)23-31-38(35)55(44(49-31)51-42(62)33-21-27(5)53-57(33)9-3)18-13-12-17-54-37-30(22-28(39(45)59)24-34(37)63-6)48-43(54)50-41(61)32-20-26(4)52-56(32)8-2/h12-13,20-25,39,59H,7-11,14-19,45H2,1-6H3,(H2,46,60)(H,47,58)(H,48,50,61)(H,49,51,62)/b13-12+. The van der Waals surface area contributed by atoms with E-state index in [1.165, 1.54) is 19.2 Å². The molecule has 2 aromatic carbocycles. The molecule has 0 radical (unpaired) electrons. The van der Waals surface area contributed by atoms with Gasteiger partial charge in [-0.25, -0.2) is 9.97 Å². The number of amides is 4. The zero-order chi connectivity index (χ0) is 46.1. The summed E-state index contributed by atoms with van der Waals surface area (Å²) in [5, 5.41) is 27.9. The van der Waals surface area contributed by atoms with E-state index in [1.807, 2.05) is 26.0 Å². The van der Waals surface area contributed by atoms with Crippen LogP contribution in [-0.2, 0) is 31.0 Å². The van der Waals surface area contributed by atoms with E-state index < -0.39 is 23.9 Å². The lowest BCUT2D eigenvalue weighted by molar-refractivity contribution is -0.121. The number of carbonyl (C=O) groups is 4. The maximum absolute atomic E-state index is 13.8. The van der Waals surface area contributed by atoms with E-state index in [1.54, 1.807) is 56.6 Å². The van der Waals surface area contributed by atoms with Crippen molar-refractivity contribution < 1.29 is 33.8 Å². The summed E-state index contributed by atoms with van der Waals surface area (Å²) in [6.07, 6.45) is 6.15. The van der Waals surface area contributed by atoms with Gasteiger partial charge >= 0.3 is 0 Å². The Morgan fingerprint density at radius 3 is 1.86 bits per heavy atom. The number of hydrogen-bond acceptors (Lipinski definition) is 12. The van der Waals surface area contributed by atoms with E-state index in [0.717, 1.165) is 19.3 Å². The van der Waals surface area contributed by atoms with Gasteiger partial charge in [0.25, 0.3) is 11.8 Å². The van der Waals surface area contributed by atoms with Crippen LogP contribution in [0.1, 0.15) is 107 Å². The number of aliphatic hydroxyl groups excluding tert-OH is 1. The van der Waals surface area contributed by atoms with E-state index in [2.05, 4.69) is 33.1 Å². The van der Waals surface area contributed by atoms with Crippen molar-refractivity contribution in [1.82, 2.24) is 44.0 Å². The number of imidazole rings is 2. The minimum Gasteiger partial charge on any atom is -0.494 e. The molecule has 1 unspecified atom stereocenters. The minimum absolute atomic E-state index is 0.0220. The fourth-order valence-corrected chi connectivity index (χ4v) is 7.34. The molecule has 64 heavy (non-hydrogen) atoms. The Kier molecular flexibility index (Phi) is 15.1. The Balaban J connectivity index is 1.36. The molecule has 8 N–H and O–H groups in total. The highest BCUT2D eigenvalue weighted by molar-refractivity contribution is 6.05. The highest BCUT2D eigenvalue weighted by Gasteiger charge is 2.24. The van der Waals surface area contributed by atoms with Crippen LogP contribution < -0.4 is 36.9 Å². The second-order valence-electron chi connectivity index (χ2n) is 15.2. The number of carbonyl (C=O) groups excluding carboxylic acids is 4. The summed E-state index contributed by atoms with van der Waals surface area (Å²) in [6.45, 7) is 11.3. The Bertz CT molecular complexity index is 2690. The molecular formula is C44H57N13O7. The normalized spacial score (nSPS) is 12.0. The van der Waals surface area contributed by atoms with Crippen LogP contribution in [0.3, 0.4) is 0 Å². The first kappa shape index (κ1) is 46.4. The average molecular weight is 880 g/mol. The summed E-state index contributed by atoms with van der Waals surface area (Å²) in [5.74, 6) is -0.571. The molecule has 20 nitrogen and oxygen atoms in total. The Labute approximate surface area is 370 Å². The number of aliphatic hydroxyl groups is 1. The molecule has 6 aromatic rings. The molecule has 0 bridgehead atoms. The van der Waals surface area contributed by atoms with Gasteiger partial charge in [0.05, 0.1) is 36.1 Å². The summed E-state index contributed by atoms with van der Waals surface area (Å²) < 4.78 is 18.7. The number of ether oxygens (including phenoxy) is 2. The minimum atomic E-state index is -1.30. The van der Waals surface area contributed by atoms with Gasteiger partial charge in [-0.1, -0.05) is 31.9 Å². The lowest BCUT2D eigenvalue weighted by Gasteiger charge is -2.14. The van der Waals surface area contributed by atoms with Gasteiger partial charge in [-0.2, -0.15) is 10.2 Å². The molecular weight excluding hydrogens is 823 g/mol. The second kappa shape index (κ2) is 20.9. The molecule has 4 amide bonds. The molecule has 20 heteroatoms. The number of rotatable bonds is 22. The molecule has 0 spiro atoms. The molecule has 0 saturated carbocycles. The Morgan fingerprint density at radius 1 is 0.781 bits per heavy atom. The third kappa shape index (κ3) is 10.6. The number of aryl methyl sites for hydroxylation is 4. The highest BCUT2D eigenvalue weighted by Crippen LogP contribution is 2.34. The SMILES string of the molecule is CCCCCC(=O)NCCCOc1cc(C(N)=O)cc2nc(NC(=O)c3cc(C)nn3CC)n(C/C=C/Cn3c(NC(=O)c4cc(C)nn4CC)nc4cc(C(N)O)cc(OC)c43)c12. The van der Waals surface area contributed by atoms with Crippen molar-refractivity contribution in [3.8, 4) is 11.5 Å². The van der Waals surface area contributed by atoms with Gasteiger partial charge in [0.2, 0.25) is 23.7 Å². The van der Waals surface area contributed by atoms with Gasteiger partial charge < -0.3 is 40.5 Å². The lowest BCUT2D eigenvalue weighted by atomic mass is 10.1. The maximum atomic E-state index is 13.8. The number of hydrogen-bond donors (Lipinski definition) is 6. The van der Waals surface area contributed by atoms with Crippen molar-refractivity contribution in [2.24, 2.45) is 11.5 Å². The number of fused-ring (bicyclic) bond motifs is 2. The van der Waals surface area contributed by atoms with Crippen LogP contribution >= 0.6 is 0 Å². The largest absolute Gasteiger partial charge is 0.494 e.